The normalized spacial score (nSPS) is 34.2. The maximum absolute atomic E-state index is 13.3. The molecule has 2 aliphatic heterocycles. The first-order valence-electron chi connectivity index (χ1n) is 8.80. The van der Waals surface area contributed by atoms with Crippen LogP contribution in [0.5, 0.6) is 5.75 Å². The van der Waals surface area contributed by atoms with Crippen LogP contribution >= 0.6 is 27.7 Å². The monoisotopic (exact) mass is 422 g/mol. The molecule has 1 amide bonds. The lowest BCUT2D eigenvalue weighted by Gasteiger charge is -2.47. The molecule has 1 atom stereocenters. The molecular formula is C19H23BrN2O2S. The molecule has 0 saturated heterocycles. The summed E-state index contributed by atoms with van der Waals surface area (Å²) in [6, 6.07) is 5.98. The third-order valence-electron chi connectivity index (χ3n) is 5.89. The number of halogens is 1. The average molecular weight is 423 g/mol. The number of thioether (sulfide) groups is 1. The Balaban J connectivity index is 1.87. The fourth-order valence-corrected chi connectivity index (χ4v) is 5.40. The average Bonchev–Trinajstić information content (AvgIpc) is 2.84. The Morgan fingerprint density at radius 2 is 2.08 bits per heavy atom. The number of hydrogen-bond donors (Lipinski definition) is 0. The van der Waals surface area contributed by atoms with Gasteiger partial charge in [0.1, 0.15) is 11.4 Å². The summed E-state index contributed by atoms with van der Waals surface area (Å²) in [5.74, 6) is 1.61. The Morgan fingerprint density at radius 1 is 1.36 bits per heavy atom. The molecule has 6 heteroatoms. The topological polar surface area (TPSA) is 41.9 Å². The van der Waals surface area contributed by atoms with E-state index in [9.17, 15) is 4.79 Å². The SMILES string of the molecule is CSC1=NC2(CC3(CCC(C)CC3)Oc3ccc(Br)cc32)C(=O)N1C. The molecule has 1 aromatic carbocycles. The molecule has 1 unspecified atom stereocenters. The smallest absolute Gasteiger partial charge is 0.261 e. The van der Waals surface area contributed by atoms with Gasteiger partial charge in [0.15, 0.2) is 10.7 Å². The van der Waals surface area contributed by atoms with Gasteiger partial charge in [0.05, 0.1) is 0 Å². The van der Waals surface area contributed by atoms with E-state index in [4.69, 9.17) is 9.73 Å². The molecule has 4 rings (SSSR count). The van der Waals surface area contributed by atoms with Gasteiger partial charge in [-0.05, 0) is 56.1 Å². The van der Waals surface area contributed by atoms with Crippen LogP contribution in [0.25, 0.3) is 0 Å². The Kier molecular flexibility index (Phi) is 4.19. The molecule has 25 heavy (non-hydrogen) atoms. The van der Waals surface area contributed by atoms with Crippen LogP contribution in [0.1, 0.15) is 44.6 Å². The van der Waals surface area contributed by atoms with E-state index >= 15 is 0 Å². The summed E-state index contributed by atoms with van der Waals surface area (Å²) in [5, 5.41) is 0.789. The molecule has 1 aliphatic carbocycles. The summed E-state index contributed by atoms with van der Waals surface area (Å²) >= 11 is 5.08. The van der Waals surface area contributed by atoms with Gasteiger partial charge in [-0.15, -0.1) is 0 Å². The van der Waals surface area contributed by atoms with Crippen molar-refractivity contribution in [2.45, 2.75) is 50.2 Å². The summed E-state index contributed by atoms with van der Waals surface area (Å²) in [6.07, 6.45) is 6.89. The molecule has 0 aromatic heterocycles. The van der Waals surface area contributed by atoms with Gasteiger partial charge in [0.2, 0.25) is 0 Å². The molecule has 2 spiro atoms. The van der Waals surface area contributed by atoms with Gasteiger partial charge in [-0.3, -0.25) is 9.69 Å². The molecule has 2 heterocycles. The highest BCUT2D eigenvalue weighted by Gasteiger charge is 2.58. The number of ether oxygens (including phenoxy) is 1. The van der Waals surface area contributed by atoms with Crippen LogP contribution in [-0.2, 0) is 10.3 Å². The van der Waals surface area contributed by atoms with E-state index in [-0.39, 0.29) is 11.5 Å². The van der Waals surface area contributed by atoms with E-state index in [1.54, 1.807) is 4.90 Å². The van der Waals surface area contributed by atoms with Crippen molar-refractivity contribution < 1.29 is 9.53 Å². The minimum absolute atomic E-state index is 0.0671. The number of benzene rings is 1. The first kappa shape index (κ1) is 17.4. The second-order valence-corrected chi connectivity index (χ2v) is 9.30. The minimum atomic E-state index is -0.842. The molecule has 134 valence electrons. The van der Waals surface area contributed by atoms with Crippen LogP contribution in [0.4, 0.5) is 0 Å². The highest BCUT2D eigenvalue weighted by Crippen LogP contribution is 2.54. The van der Waals surface area contributed by atoms with Gasteiger partial charge >= 0.3 is 0 Å². The quantitative estimate of drug-likeness (QED) is 0.614. The van der Waals surface area contributed by atoms with Crippen molar-refractivity contribution in [1.29, 1.82) is 0 Å². The summed E-state index contributed by atoms with van der Waals surface area (Å²) in [6.45, 7) is 2.30. The predicted octanol–water partition coefficient (Wildman–Crippen LogP) is 4.57. The Bertz CT molecular complexity index is 758. The maximum atomic E-state index is 13.3. The summed E-state index contributed by atoms with van der Waals surface area (Å²) in [4.78, 5) is 20.0. The summed E-state index contributed by atoms with van der Waals surface area (Å²) < 4.78 is 7.48. The molecule has 1 aromatic rings. The van der Waals surface area contributed by atoms with Gasteiger partial charge < -0.3 is 4.74 Å². The Labute approximate surface area is 161 Å². The molecule has 4 nitrogen and oxygen atoms in total. The molecule has 0 radical (unpaired) electrons. The van der Waals surface area contributed by atoms with Gasteiger partial charge in [0, 0.05) is 23.5 Å². The number of amides is 1. The van der Waals surface area contributed by atoms with Crippen LogP contribution in [-0.4, -0.2) is 34.9 Å². The number of fused-ring (bicyclic) bond motifs is 2. The first-order chi connectivity index (χ1) is 11.9. The molecule has 1 fully saturated rings. The number of nitrogens with zero attached hydrogens (tertiary/aromatic N) is 2. The van der Waals surface area contributed by atoms with E-state index in [1.165, 1.54) is 11.8 Å². The van der Waals surface area contributed by atoms with Crippen molar-refractivity contribution in [2.75, 3.05) is 13.3 Å². The van der Waals surface area contributed by atoms with Gasteiger partial charge in [-0.2, -0.15) is 0 Å². The zero-order valence-electron chi connectivity index (χ0n) is 14.8. The number of aliphatic imine (C=N–C) groups is 1. The van der Waals surface area contributed by atoms with Gasteiger partial charge in [0.25, 0.3) is 5.91 Å². The number of hydrogen-bond acceptors (Lipinski definition) is 4. The van der Waals surface area contributed by atoms with Crippen LogP contribution in [0.2, 0.25) is 0 Å². The largest absolute Gasteiger partial charge is 0.487 e. The van der Waals surface area contributed by atoms with Crippen molar-refractivity contribution in [2.24, 2.45) is 10.9 Å². The number of carbonyl (C=O) groups is 1. The standard InChI is InChI=1S/C19H23BrN2O2S/c1-12-6-8-18(9-7-12)11-19(16(23)22(2)17(21-19)25-3)14-10-13(20)4-5-15(14)24-18/h4-5,10,12H,6-9,11H2,1-3H3. The van der Waals surface area contributed by atoms with E-state index in [0.29, 0.717) is 6.42 Å². The Morgan fingerprint density at radius 3 is 2.72 bits per heavy atom. The lowest BCUT2D eigenvalue weighted by Crippen LogP contribution is -2.52. The molecule has 0 N–H and O–H groups in total. The van der Waals surface area contributed by atoms with Gasteiger partial charge in [-0.25, -0.2) is 4.99 Å². The third-order valence-corrected chi connectivity index (χ3v) is 7.12. The van der Waals surface area contributed by atoms with Crippen LogP contribution in [0, 0.1) is 5.92 Å². The fraction of sp³-hybridized carbons (Fsp3) is 0.579. The fourth-order valence-electron chi connectivity index (χ4n) is 4.44. The molecular weight excluding hydrogens is 400 g/mol. The minimum Gasteiger partial charge on any atom is -0.487 e. The highest BCUT2D eigenvalue weighted by atomic mass is 79.9. The lowest BCUT2D eigenvalue weighted by atomic mass is 9.69. The second-order valence-electron chi connectivity index (χ2n) is 7.61. The first-order valence-corrected chi connectivity index (χ1v) is 10.8. The van der Waals surface area contributed by atoms with Crippen molar-refractivity contribution in [1.82, 2.24) is 4.90 Å². The van der Waals surface area contributed by atoms with E-state index < -0.39 is 5.54 Å². The zero-order chi connectivity index (χ0) is 17.8. The predicted molar refractivity (Wildman–Crippen MR) is 105 cm³/mol. The van der Waals surface area contributed by atoms with Crippen LogP contribution < -0.4 is 4.74 Å². The molecule has 3 aliphatic rings. The third kappa shape index (κ3) is 2.64. The Hall–Kier alpha value is -1.01. The number of carbonyl (C=O) groups excluding carboxylic acids is 1. The van der Waals surface area contributed by atoms with E-state index in [2.05, 4.69) is 22.9 Å². The lowest BCUT2D eigenvalue weighted by molar-refractivity contribution is -0.135. The molecule has 0 bridgehead atoms. The summed E-state index contributed by atoms with van der Waals surface area (Å²) in [7, 11) is 1.83. The van der Waals surface area contributed by atoms with Crippen LogP contribution in [0.15, 0.2) is 27.7 Å². The van der Waals surface area contributed by atoms with Crippen LogP contribution in [0.3, 0.4) is 0 Å². The zero-order valence-corrected chi connectivity index (χ0v) is 17.2. The van der Waals surface area contributed by atoms with Crippen molar-refractivity contribution >= 4 is 38.8 Å². The summed E-state index contributed by atoms with van der Waals surface area (Å²) in [5.41, 5.74) is -0.223. The van der Waals surface area contributed by atoms with Crippen molar-refractivity contribution in [3.8, 4) is 5.75 Å². The van der Waals surface area contributed by atoms with Crippen molar-refractivity contribution in [3.05, 3.63) is 28.2 Å². The molecule has 1 saturated carbocycles. The maximum Gasteiger partial charge on any atom is 0.261 e. The number of rotatable bonds is 0. The number of amidine groups is 1. The highest BCUT2D eigenvalue weighted by molar-refractivity contribution is 9.10. The van der Waals surface area contributed by atoms with E-state index in [1.807, 2.05) is 31.5 Å². The van der Waals surface area contributed by atoms with Crippen molar-refractivity contribution in [3.63, 3.8) is 0 Å². The second kappa shape index (κ2) is 6.02. The number of likely N-dealkylation sites (N-methyl/N-ethyl adjacent to an activating group) is 1. The van der Waals surface area contributed by atoms with E-state index in [0.717, 1.165) is 52.6 Å². The van der Waals surface area contributed by atoms with Gasteiger partial charge in [-0.1, -0.05) is 34.6 Å².